The van der Waals surface area contributed by atoms with E-state index in [4.69, 9.17) is 0 Å². The molecule has 0 amide bonds. The maximum atomic E-state index is 11.4. The molecule has 2 aromatic rings. The molecule has 20 heavy (non-hydrogen) atoms. The molecule has 1 aromatic carbocycles. The van der Waals surface area contributed by atoms with Crippen molar-refractivity contribution in [2.45, 2.75) is 13.1 Å². The fourth-order valence-corrected chi connectivity index (χ4v) is 2.23. The fraction of sp³-hybridized carbons (Fsp3) is 0.308. The van der Waals surface area contributed by atoms with Crippen LogP contribution in [0.25, 0.3) is 0 Å². The molecule has 0 aliphatic heterocycles. The van der Waals surface area contributed by atoms with Gasteiger partial charge in [0.25, 0.3) is 0 Å². The van der Waals surface area contributed by atoms with Gasteiger partial charge in [0.1, 0.15) is 6.33 Å². The zero-order valence-corrected chi connectivity index (χ0v) is 12.8. The molecule has 2 rings (SSSR count). The predicted molar refractivity (Wildman–Crippen MR) is 77.0 cm³/mol. The standard InChI is InChI=1S/C13H15BrN4O2/c1-18-8-16-12(17-18)7-15-6-10-4-3-9(5-11(10)14)13(19)20-2/h3-5,8,15H,6-7H2,1-2H3. The molecule has 6 nitrogen and oxygen atoms in total. The van der Waals surface area contributed by atoms with Crippen LogP contribution in [0.15, 0.2) is 29.0 Å². The fourth-order valence-electron chi connectivity index (χ4n) is 1.71. The Hall–Kier alpha value is -1.73. The lowest BCUT2D eigenvalue weighted by Crippen LogP contribution is -2.14. The molecule has 1 aromatic heterocycles. The largest absolute Gasteiger partial charge is 0.465 e. The van der Waals surface area contributed by atoms with E-state index in [1.807, 2.05) is 13.1 Å². The van der Waals surface area contributed by atoms with Crippen molar-refractivity contribution < 1.29 is 9.53 Å². The summed E-state index contributed by atoms with van der Waals surface area (Å²) in [5, 5.41) is 7.43. The summed E-state index contributed by atoms with van der Waals surface area (Å²) in [4.78, 5) is 15.5. The van der Waals surface area contributed by atoms with Crippen molar-refractivity contribution in [3.63, 3.8) is 0 Å². The Labute approximate surface area is 125 Å². The third-order valence-electron chi connectivity index (χ3n) is 2.72. The summed E-state index contributed by atoms with van der Waals surface area (Å²) in [5.41, 5.74) is 1.57. The summed E-state index contributed by atoms with van der Waals surface area (Å²) in [6.07, 6.45) is 1.66. The van der Waals surface area contributed by atoms with Gasteiger partial charge >= 0.3 is 5.97 Å². The Kier molecular flexibility index (Phi) is 4.86. The van der Waals surface area contributed by atoms with Crippen molar-refractivity contribution in [3.8, 4) is 0 Å². The molecule has 0 saturated carbocycles. The molecule has 0 atom stereocenters. The Balaban J connectivity index is 1.94. The molecule has 0 unspecified atom stereocenters. The number of carbonyl (C=O) groups is 1. The van der Waals surface area contributed by atoms with E-state index in [9.17, 15) is 4.79 Å². The highest BCUT2D eigenvalue weighted by atomic mass is 79.9. The van der Waals surface area contributed by atoms with Crippen LogP contribution in [-0.2, 0) is 24.9 Å². The third kappa shape index (κ3) is 3.64. The maximum absolute atomic E-state index is 11.4. The zero-order valence-electron chi connectivity index (χ0n) is 11.3. The van der Waals surface area contributed by atoms with E-state index >= 15 is 0 Å². The van der Waals surface area contributed by atoms with Crippen LogP contribution in [-0.4, -0.2) is 27.8 Å². The second-order valence-corrected chi connectivity index (χ2v) is 5.09. The second-order valence-electron chi connectivity index (χ2n) is 4.24. The third-order valence-corrected chi connectivity index (χ3v) is 3.46. The molecule has 0 fully saturated rings. The van der Waals surface area contributed by atoms with Crippen LogP contribution in [0.4, 0.5) is 0 Å². The Morgan fingerprint density at radius 3 is 2.85 bits per heavy atom. The van der Waals surface area contributed by atoms with Gasteiger partial charge in [-0.05, 0) is 17.7 Å². The van der Waals surface area contributed by atoms with Crippen molar-refractivity contribution in [2.75, 3.05) is 7.11 Å². The summed E-state index contributed by atoms with van der Waals surface area (Å²) in [6.45, 7) is 1.24. The van der Waals surface area contributed by atoms with Gasteiger partial charge < -0.3 is 10.1 Å². The predicted octanol–water partition coefficient (Wildman–Crippen LogP) is 1.65. The average Bonchev–Trinajstić information content (AvgIpc) is 2.85. The second kappa shape index (κ2) is 6.62. The lowest BCUT2D eigenvalue weighted by Gasteiger charge is -2.07. The molecule has 1 heterocycles. The molecule has 0 aliphatic carbocycles. The smallest absolute Gasteiger partial charge is 0.337 e. The normalized spacial score (nSPS) is 10.6. The quantitative estimate of drug-likeness (QED) is 0.839. The summed E-state index contributed by atoms with van der Waals surface area (Å²) in [6, 6.07) is 5.38. The van der Waals surface area contributed by atoms with Crippen LogP contribution in [0.3, 0.4) is 0 Å². The highest BCUT2D eigenvalue weighted by Crippen LogP contribution is 2.19. The Morgan fingerprint density at radius 1 is 1.45 bits per heavy atom. The molecule has 0 spiro atoms. The van der Waals surface area contributed by atoms with Gasteiger partial charge in [0.15, 0.2) is 5.82 Å². The van der Waals surface area contributed by atoms with Crippen molar-refractivity contribution >= 4 is 21.9 Å². The van der Waals surface area contributed by atoms with Crippen LogP contribution in [0, 0.1) is 0 Å². The van der Waals surface area contributed by atoms with Gasteiger partial charge in [-0.2, -0.15) is 5.10 Å². The van der Waals surface area contributed by atoms with Crippen LogP contribution in [0.1, 0.15) is 21.7 Å². The van der Waals surface area contributed by atoms with Gasteiger partial charge in [0, 0.05) is 18.1 Å². The van der Waals surface area contributed by atoms with Crippen LogP contribution in [0.5, 0.6) is 0 Å². The molecule has 0 radical (unpaired) electrons. The van der Waals surface area contributed by atoms with Crippen molar-refractivity contribution in [3.05, 3.63) is 46.0 Å². The maximum Gasteiger partial charge on any atom is 0.337 e. The topological polar surface area (TPSA) is 69.0 Å². The first kappa shape index (κ1) is 14.7. The summed E-state index contributed by atoms with van der Waals surface area (Å²) < 4.78 is 7.21. The molecule has 106 valence electrons. The first-order valence-corrected chi connectivity index (χ1v) is 6.81. The number of hydrogen-bond donors (Lipinski definition) is 1. The van der Waals surface area contributed by atoms with E-state index in [-0.39, 0.29) is 5.97 Å². The van der Waals surface area contributed by atoms with E-state index in [1.54, 1.807) is 23.1 Å². The van der Waals surface area contributed by atoms with Crippen LogP contribution in [0.2, 0.25) is 0 Å². The number of hydrogen-bond acceptors (Lipinski definition) is 5. The van der Waals surface area contributed by atoms with Crippen LogP contribution < -0.4 is 5.32 Å². The monoisotopic (exact) mass is 338 g/mol. The highest BCUT2D eigenvalue weighted by molar-refractivity contribution is 9.10. The van der Waals surface area contributed by atoms with E-state index in [0.29, 0.717) is 18.7 Å². The molecule has 7 heteroatoms. The van der Waals surface area contributed by atoms with E-state index < -0.39 is 0 Å². The van der Waals surface area contributed by atoms with Crippen molar-refractivity contribution in [1.29, 1.82) is 0 Å². The number of nitrogens with one attached hydrogen (secondary N) is 1. The summed E-state index contributed by atoms with van der Waals surface area (Å²) in [7, 11) is 3.20. The lowest BCUT2D eigenvalue weighted by atomic mass is 10.1. The molecule has 0 bridgehead atoms. The Bertz CT molecular complexity index is 612. The minimum atomic E-state index is -0.345. The van der Waals surface area contributed by atoms with Gasteiger partial charge in [-0.3, -0.25) is 4.68 Å². The molecule has 0 aliphatic rings. The van der Waals surface area contributed by atoms with Crippen LogP contribution >= 0.6 is 15.9 Å². The van der Waals surface area contributed by atoms with Gasteiger partial charge in [0.2, 0.25) is 0 Å². The number of aryl methyl sites for hydroxylation is 1. The minimum Gasteiger partial charge on any atom is -0.465 e. The van der Waals surface area contributed by atoms with E-state index in [1.165, 1.54) is 7.11 Å². The molecule has 1 N–H and O–H groups in total. The number of methoxy groups -OCH3 is 1. The summed E-state index contributed by atoms with van der Waals surface area (Å²) >= 11 is 3.45. The number of nitrogens with zero attached hydrogens (tertiary/aromatic N) is 3. The number of carbonyl (C=O) groups excluding carboxylic acids is 1. The van der Waals surface area contributed by atoms with Gasteiger partial charge in [-0.1, -0.05) is 22.0 Å². The van der Waals surface area contributed by atoms with Crippen molar-refractivity contribution in [1.82, 2.24) is 20.1 Å². The Morgan fingerprint density at radius 2 is 2.25 bits per heavy atom. The van der Waals surface area contributed by atoms with Crippen molar-refractivity contribution in [2.24, 2.45) is 7.05 Å². The van der Waals surface area contributed by atoms with E-state index in [0.717, 1.165) is 15.9 Å². The SMILES string of the molecule is COC(=O)c1ccc(CNCc2ncn(C)n2)c(Br)c1. The molecule has 0 saturated heterocycles. The summed E-state index contributed by atoms with van der Waals surface area (Å²) in [5.74, 6) is 0.401. The average molecular weight is 339 g/mol. The number of rotatable bonds is 5. The zero-order chi connectivity index (χ0) is 14.5. The number of aromatic nitrogens is 3. The van der Waals surface area contributed by atoms with Gasteiger partial charge in [0.05, 0.1) is 19.2 Å². The minimum absolute atomic E-state index is 0.345. The molecular weight excluding hydrogens is 324 g/mol. The van der Waals surface area contributed by atoms with Gasteiger partial charge in [-0.15, -0.1) is 0 Å². The lowest BCUT2D eigenvalue weighted by molar-refractivity contribution is 0.0600. The number of benzene rings is 1. The van der Waals surface area contributed by atoms with Gasteiger partial charge in [-0.25, -0.2) is 9.78 Å². The number of halogens is 1. The number of ether oxygens (including phenoxy) is 1. The molecular formula is C13H15BrN4O2. The first-order chi connectivity index (χ1) is 9.60. The highest BCUT2D eigenvalue weighted by Gasteiger charge is 2.08. The number of esters is 1. The van der Waals surface area contributed by atoms with E-state index in [2.05, 4.69) is 36.1 Å². The first-order valence-electron chi connectivity index (χ1n) is 6.02.